The topological polar surface area (TPSA) is 75.6 Å². The molecule has 5 heteroatoms. The number of nitroso groups, excluding NO2 is 1. The number of carbonyl (C=O) groups is 2. The molecule has 2 amide bonds. The molecule has 1 heterocycles. The molecule has 0 bridgehead atoms. The number of imide groups is 1. The zero-order chi connectivity index (χ0) is 12.0. The van der Waals surface area contributed by atoms with E-state index in [1.165, 1.54) is 6.07 Å². The van der Waals surface area contributed by atoms with E-state index in [4.69, 9.17) is 0 Å². The van der Waals surface area contributed by atoms with Gasteiger partial charge >= 0.3 is 0 Å². The molecule has 0 saturated heterocycles. The molecule has 17 heavy (non-hydrogen) atoms. The minimum atomic E-state index is -0.496. The van der Waals surface area contributed by atoms with E-state index in [9.17, 15) is 14.5 Å². The predicted molar refractivity (Wildman–Crippen MR) is 61.2 cm³/mol. The van der Waals surface area contributed by atoms with Gasteiger partial charge in [-0.3, -0.25) is 14.9 Å². The minimum absolute atomic E-state index is 0.175. The Morgan fingerprint density at radius 3 is 2.53 bits per heavy atom. The number of nitrogens with one attached hydrogen (secondary N) is 1. The van der Waals surface area contributed by atoms with Gasteiger partial charge in [-0.2, -0.15) is 0 Å². The van der Waals surface area contributed by atoms with Crippen molar-refractivity contribution in [3.05, 3.63) is 46.4 Å². The van der Waals surface area contributed by atoms with Crippen molar-refractivity contribution in [3.63, 3.8) is 0 Å². The Bertz CT molecular complexity index is 691. The highest BCUT2D eigenvalue weighted by atomic mass is 16.3. The smallest absolute Gasteiger partial charge is 0.258 e. The molecule has 0 fully saturated rings. The van der Waals surface area contributed by atoms with Crippen molar-refractivity contribution in [3.8, 4) is 0 Å². The van der Waals surface area contributed by atoms with Crippen molar-refractivity contribution in [1.82, 2.24) is 5.32 Å². The molecule has 1 N–H and O–H groups in total. The Hall–Kier alpha value is -2.56. The van der Waals surface area contributed by atoms with Gasteiger partial charge in [0.15, 0.2) is 0 Å². The summed E-state index contributed by atoms with van der Waals surface area (Å²) in [6, 6.07) is 8.03. The summed E-state index contributed by atoms with van der Waals surface area (Å²) >= 11 is 0. The van der Waals surface area contributed by atoms with Crippen LogP contribution in [-0.2, 0) is 0 Å². The van der Waals surface area contributed by atoms with E-state index < -0.39 is 11.8 Å². The van der Waals surface area contributed by atoms with Crippen molar-refractivity contribution in [2.24, 2.45) is 5.18 Å². The maximum Gasteiger partial charge on any atom is 0.258 e. The van der Waals surface area contributed by atoms with Crippen LogP contribution >= 0.6 is 0 Å². The van der Waals surface area contributed by atoms with Crippen LogP contribution in [0.3, 0.4) is 0 Å². The van der Waals surface area contributed by atoms with Gasteiger partial charge in [-0.1, -0.05) is 12.1 Å². The van der Waals surface area contributed by atoms with Crippen molar-refractivity contribution >= 4 is 28.3 Å². The third-order valence-electron chi connectivity index (χ3n) is 2.78. The molecule has 0 aliphatic carbocycles. The standard InChI is InChI=1S/C12H6N2O3/c15-11-8-3-1-2-6-4-7(14-17)5-9(10(6)8)12(16)13-11/h1-5H,(H,13,15,16). The van der Waals surface area contributed by atoms with Gasteiger partial charge in [-0.05, 0) is 28.8 Å². The van der Waals surface area contributed by atoms with Crippen LogP contribution in [0.25, 0.3) is 10.8 Å². The van der Waals surface area contributed by atoms with E-state index in [1.807, 2.05) is 0 Å². The summed E-state index contributed by atoms with van der Waals surface area (Å²) in [6.07, 6.45) is 0. The molecular weight excluding hydrogens is 220 g/mol. The molecule has 0 aromatic heterocycles. The van der Waals surface area contributed by atoms with Gasteiger partial charge in [-0.25, -0.2) is 0 Å². The molecule has 0 atom stereocenters. The van der Waals surface area contributed by atoms with E-state index >= 15 is 0 Å². The Morgan fingerprint density at radius 1 is 1.00 bits per heavy atom. The molecule has 82 valence electrons. The van der Waals surface area contributed by atoms with E-state index in [1.54, 1.807) is 24.3 Å². The lowest BCUT2D eigenvalue weighted by atomic mass is 9.95. The number of benzene rings is 2. The highest BCUT2D eigenvalue weighted by Crippen LogP contribution is 2.30. The molecule has 0 spiro atoms. The molecule has 1 aliphatic heterocycles. The van der Waals surface area contributed by atoms with Crippen LogP contribution in [0.1, 0.15) is 20.7 Å². The lowest BCUT2D eigenvalue weighted by Crippen LogP contribution is -2.34. The van der Waals surface area contributed by atoms with Crippen molar-refractivity contribution in [1.29, 1.82) is 0 Å². The fraction of sp³-hybridized carbons (Fsp3) is 0. The van der Waals surface area contributed by atoms with Crippen molar-refractivity contribution in [2.75, 3.05) is 0 Å². The first-order valence-corrected chi connectivity index (χ1v) is 4.96. The quantitative estimate of drug-likeness (QED) is 0.597. The number of rotatable bonds is 1. The zero-order valence-electron chi connectivity index (χ0n) is 8.56. The third kappa shape index (κ3) is 1.25. The first-order chi connectivity index (χ1) is 8.20. The summed E-state index contributed by atoms with van der Waals surface area (Å²) in [4.78, 5) is 33.8. The summed E-state index contributed by atoms with van der Waals surface area (Å²) in [5.41, 5.74) is 0.927. The summed E-state index contributed by atoms with van der Waals surface area (Å²) < 4.78 is 0. The summed E-state index contributed by atoms with van der Waals surface area (Å²) in [5.74, 6) is -0.913. The Balaban J connectivity index is 2.52. The maximum atomic E-state index is 11.7. The number of carbonyl (C=O) groups excluding carboxylic acids is 2. The van der Waals surface area contributed by atoms with Crippen LogP contribution in [0, 0.1) is 4.91 Å². The number of hydrogen-bond donors (Lipinski definition) is 1. The van der Waals surface area contributed by atoms with Crippen molar-refractivity contribution in [2.45, 2.75) is 0 Å². The second-order valence-electron chi connectivity index (χ2n) is 3.77. The molecule has 2 aromatic carbocycles. The molecule has 1 aliphatic rings. The molecule has 0 radical (unpaired) electrons. The highest BCUT2D eigenvalue weighted by Gasteiger charge is 2.25. The van der Waals surface area contributed by atoms with E-state index in [-0.39, 0.29) is 5.69 Å². The van der Waals surface area contributed by atoms with Gasteiger partial charge in [0.25, 0.3) is 11.8 Å². The maximum absolute atomic E-state index is 11.7. The normalized spacial score (nSPS) is 13.6. The zero-order valence-corrected chi connectivity index (χ0v) is 8.56. The van der Waals surface area contributed by atoms with Gasteiger partial charge in [0.1, 0.15) is 5.69 Å². The monoisotopic (exact) mass is 226 g/mol. The lowest BCUT2D eigenvalue weighted by Gasteiger charge is -2.16. The van der Waals surface area contributed by atoms with Gasteiger partial charge in [-0.15, -0.1) is 4.91 Å². The second kappa shape index (κ2) is 3.21. The SMILES string of the molecule is O=Nc1cc2c3c(cccc3c1)C(=O)NC2=O. The fourth-order valence-corrected chi connectivity index (χ4v) is 2.07. The van der Waals surface area contributed by atoms with E-state index in [0.717, 1.165) is 0 Å². The van der Waals surface area contributed by atoms with Crippen LogP contribution in [0.2, 0.25) is 0 Å². The van der Waals surface area contributed by atoms with E-state index in [2.05, 4.69) is 10.5 Å². The average molecular weight is 226 g/mol. The molecule has 2 aromatic rings. The Labute approximate surface area is 95.4 Å². The van der Waals surface area contributed by atoms with Crippen LogP contribution in [0.15, 0.2) is 35.5 Å². The van der Waals surface area contributed by atoms with Crippen molar-refractivity contribution < 1.29 is 9.59 Å². The summed E-state index contributed by atoms with van der Waals surface area (Å²) in [5, 5.41) is 6.29. The fourth-order valence-electron chi connectivity index (χ4n) is 2.07. The van der Waals surface area contributed by atoms with Gasteiger partial charge < -0.3 is 0 Å². The first-order valence-electron chi connectivity index (χ1n) is 4.96. The van der Waals surface area contributed by atoms with Crippen LogP contribution in [-0.4, -0.2) is 11.8 Å². The Kier molecular flexibility index (Phi) is 1.82. The van der Waals surface area contributed by atoms with Crippen LogP contribution in [0.4, 0.5) is 5.69 Å². The first kappa shape index (κ1) is 9.65. The molecule has 0 unspecified atom stereocenters. The largest absolute Gasteiger partial charge is 0.288 e. The molecule has 0 saturated carbocycles. The third-order valence-corrected chi connectivity index (χ3v) is 2.78. The molecular formula is C12H6N2O3. The molecule has 5 nitrogen and oxygen atoms in total. The average Bonchev–Trinajstić information content (AvgIpc) is 2.35. The summed E-state index contributed by atoms with van der Waals surface area (Å²) in [6.45, 7) is 0. The number of hydrogen-bond acceptors (Lipinski definition) is 4. The van der Waals surface area contributed by atoms with Gasteiger partial charge in [0.05, 0.1) is 5.56 Å². The second-order valence-corrected chi connectivity index (χ2v) is 3.77. The summed E-state index contributed by atoms with van der Waals surface area (Å²) in [7, 11) is 0. The predicted octanol–water partition coefficient (Wildman–Crippen LogP) is 2.12. The van der Waals surface area contributed by atoms with Gasteiger partial charge in [0, 0.05) is 10.9 Å². The Morgan fingerprint density at radius 2 is 1.76 bits per heavy atom. The lowest BCUT2D eigenvalue weighted by molar-refractivity contribution is 0.0845. The number of nitrogens with zero attached hydrogens (tertiary/aromatic N) is 1. The number of amides is 2. The minimum Gasteiger partial charge on any atom is -0.288 e. The van der Waals surface area contributed by atoms with Crippen LogP contribution < -0.4 is 5.32 Å². The van der Waals surface area contributed by atoms with E-state index in [0.29, 0.717) is 21.9 Å². The van der Waals surface area contributed by atoms with Crippen LogP contribution in [0.5, 0.6) is 0 Å². The molecule has 3 rings (SSSR count). The van der Waals surface area contributed by atoms with Gasteiger partial charge in [0.2, 0.25) is 0 Å². The highest BCUT2D eigenvalue weighted by molar-refractivity contribution is 6.25.